The van der Waals surface area contributed by atoms with Gasteiger partial charge in [0.2, 0.25) is 10.0 Å². The van der Waals surface area contributed by atoms with Crippen LogP contribution >= 0.6 is 0 Å². The Kier molecular flexibility index (Phi) is 2.76. The van der Waals surface area contributed by atoms with Crippen LogP contribution in [-0.2, 0) is 10.0 Å². The van der Waals surface area contributed by atoms with Gasteiger partial charge in [-0.1, -0.05) is 0 Å². The van der Waals surface area contributed by atoms with Gasteiger partial charge in [-0.05, 0) is 6.07 Å². The predicted molar refractivity (Wildman–Crippen MR) is 49.8 cm³/mol. The number of rotatable bonds is 2. The lowest BCUT2D eigenvalue weighted by atomic mass is 9.82. The van der Waals surface area contributed by atoms with Gasteiger partial charge in [-0.25, -0.2) is 18.5 Å². The van der Waals surface area contributed by atoms with E-state index in [9.17, 15) is 8.42 Å². The van der Waals surface area contributed by atoms with Gasteiger partial charge < -0.3 is 15.8 Å². The molecule has 0 fully saturated rings. The Balaban J connectivity index is 3.37. The normalized spacial score (nSPS) is 11.4. The second-order valence-corrected chi connectivity index (χ2v) is 4.10. The molecule has 0 aromatic carbocycles. The van der Waals surface area contributed by atoms with Crippen molar-refractivity contribution in [3.63, 3.8) is 0 Å². The summed E-state index contributed by atoms with van der Waals surface area (Å²) < 4.78 is 21.8. The molecule has 0 aliphatic rings. The third kappa shape index (κ3) is 2.20. The largest absolute Gasteiger partial charge is 0.490 e. The second-order valence-electron chi connectivity index (χ2n) is 2.57. The Morgan fingerprint density at radius 1 is 1.43 bits per heavy atom. The maximum atomic E-state index is 10.9. The van der Waals surface area contributed by atoms with E-state index >= 15 is 0 Å². The van der Waals surface area contributed by atoms with Crippen molar-refractivity contribution in [2.45, 2.75) is 4.90 Å². The van der Waals surface area contributed by atoms with E-state index in [2.05, 4.69) is 4.98 Å². The van der Waals surface area contributed by atoms with E-state index in [1.54, 1.807) is 0 Å². The van der Waals surface area contributed by atoms with Gasteiger partial charge in [0.25, 0.3) is 0 Å². The van der Waals surface area contributed by atoms with Gasteiger partial charge in [-0.2, -0.15) is 0 Å². The summed E-state index contributed by atoms with van der Waals surface area (Å²) in [5, 5.41) is 22.3. The zero-order chi connectivity index (χ0) is 10.9. The molecule has 6 N–H and O–H groups in total. The summed E-state index contributed by atoms with van der Waals surface area (Å²) in [6, 6.07) is 0.961. The first-order chi connectivity index (χ1) is 6.32. The van der Waals surface area contributed by atoms with Crippen LogP contribution in [0.15, 0.2) is 17.2 Å². The van der Waals surface area contributed by atoms with Crippen LogP contribution < -0.4 is 16.3 Å². The lowest BCUT2D eigenvalue weighted by molar-refractivity contribution is 0.425. The lowest BCUT2D eigenvalue weighted by Gasteiger charge is -2.04. The van der Waals surface area contributed by atoms with Crippen LogP contribution in [0.5, 0.6) is 0 Å². The minimum absolute atomic E-state index is 0.0942. The van der Waals surface area contributed by atoms with Gasteiger partial charge in [0.05, 0.1) is 0 Å². The summed E-state index contributed by atoms with van der Waals surface area (Å²) in [7, 11) is -5.82. The van der Waals surface area contributed by atoms with Crippen molar-refractivity contribution in [1.29, 1.82) is 0 Å². The Morgan fingerprint density at radius 2 is 2.00 bits per heavy atom. The predicted octanol–water partition coefficient (Wildman–Crippen LogP) is -3.01. The van der Waals surface area contributed by atoms with Crippen molar-refractivity contribution in [1.82, 2.24) is 4.98 Å². The van der Waals surface area contributed by atoms with Gasteiger partial charge in [-0.15, -0.1) is 0 Å². The van der Waals surface area contributed by atoms with Crippen molar-refractivity contribution in [3.05, 3.63) is 12.3 Å². The van der Waals surface area contributed by atoms with E-state index in [0.29, 0.717) is 0 Å². The van der Waals surface area contributed by atoms with E-state index in [4.69, 9.17) is 20.9 Å². The third-order valence-electron chi connectivity index (χ3n) is 1.51. The van der Waals surface area contributed by atoms with Gasteiger partial charge in [0.15, 0.2) is 0 Å². The number of nitrogen functional groups attached to an aromatic ring is 1. The number of hydrogen-bond donors (Lipinski definition) is 4. The molecule has 14 heavy (non-hydrogen) atoms. The maximum absolute atomic E-state index is 10.9. The average Bonchev–Trinajstić information content (AvgIpc) is 2.02. The van der Waals surface area contributed by atoms with Crippen LogP contribution in [-0.4, -0.2) is 30.6 Å². The van der Waals surface area contributed by atoms with E-state index < -0.39 is 22.0 Å². The molecule has 0 aliphatic heterocycles. The standard InChI is InChI=1S/C5H8BN3O4S/c7-5-4(14(8,12)13)1-3(2-9-5)6(10)11/h1-2,10-11H,(H2,7,9)(H2,8,12,13). The number of primary sulfonamides is 1. The van der Waals surface area contributed by atoms with Crippen LogP contribution in [0, 0.1) is 0 Å². The molecule has 0 saturated carbocycles. The zero-order valence-electron chi connectivity index (χ0n) is 6.95. The SMILES string of the molecule is Nc1ncc(B(O)O)cc1S(N)(=O)=O. The first-order valence-electron chi connectivity index (χ1n) is 3.46. The number of pyridine rings is 1. The number of hydrogen-bond acceptors (Lipinski definition) is 6. The fourth-order valence-electron chi connectivity index (χ4n) is 0.839. The molecule has 76 valence electrons. The summed E-state index contributed by atoms with van der Waals surface area (Å²) >= 11 is 0. The van der Waals surface area contributed by atoms with Gasteiger partial charge in [-0.3, -0.25) is 0 Å². The minimum Gasteiger partial charge on any atom is -0.423 e. The molecule has 0 radical (unpaired) electrons. The molecule has 0 atom stereocenters. The molecule has 0 saturated heterocycles. The number of anilines is 1. The molecule has 1 aromatic heterocycles. The average molecular weight is 217 g/mol. The highest BCUT2D eigenvalue weighted by atomic mass is 32.2. The van der Waals surface area contributed by atoms with E-state index in [-0.39, 0.29) is 11.3 Å². The molecule has 1 heterocycles. The summed E-state index contributed by atoms with van der Waals surface area (Å²) in [5.74, 6) is -0.281. The molecular formula is C5H8BN3O4S. The number of aromatic nitrogens is 1. The summed E-state index contributed by atoms with van der Waals surface area (Å²) in [4.78, 5) is 3.04. The van der Waals surface area contributed by atoms with Crippen molar-refractivity contribution < 1.29 is 18.5 Å². The minimum atomic E-state index is -4.00. The summed E-state index contributed by atoms with van der Waals surface area (Å²) in [6.45, 7) is 0. The second kappa shape index (κ2) is 3.54. The molecule has 9 heteroatoms. The van der Waals surface area contributed by atoms with Crippen LogP contribution in [0.3, 0.4) is 0 Å². The molecule has 7 nitrogen and oxygen atoms in total. The zero-order valence-corrected chi connectivity index (χ0v) is 7.77. The maximum Gasteiger partial charge on any atom is 0.490 e. The van der Waals surface area contributed by atoms with Gasteiger partial charge >= 0.3 is 7.12 Å². The highest BCUT2D eigenvalue weighted by Gasteiger charge is 2.18. The molecule has 1 rings (SSSR count). The molecular weight excluding hydrogens is 209 g/mol. The first kappa shape index (κ1) is 10.9. The smallest absolute Gasteiger partial charge is 0.423 e. The Morgan fingerprint density at radius 3 is 2.43 bits per heavy atom. The number of sulfonamides is 1. The molecule has 0 aliphatic carbocycles. The Hall–Kier alpha value is -1.16. The number of nitrogens with two attached hydrogens (primary N) is 2. The number of nitrogens with zero attached hydrogens (tertiary/aromatic N) is 1. The molecule has 0 amide bonds. The van der Waals surface area contributed by atoms with Crippen molar-refractivity contribution >= 4 is 28.4 Å². The molecule has 0 unspecified atom stereocenters. The Bertz CT molecular complexity index is 446. The van der Waals surface area contributed by atoms with Crippen LogP contribution in [0.2, 0.25) is 0 Å². The van der Waals surface area contributed by atoms with Crippen LogP contribution in [0.4, 0.5) is 5.82 Å². The molecule has 0 bridgehead atoms. The van der Waals surface area contributed by atoms with Crippen LogP contribution in [0.25, 0.3) is 0 Å². The van der Waals surface area contributed by atoms with E-state index in [0.717, 1.165) is 12.3 Å². The summed E-state index contributed by atoms with van der Waals surface area (Å²) in [5.41, 5.74) is 5.15. The van der Waals surface area contributed by atoms with Crippen molar-refractivity contribution in [2.75, 3.05) is 5.73 Å². The van der Waals surface area contributed by atoms with Crippen molar-refractivity contribution in [2.24, 2.45) is 5.14 Å². The van der Waals surface area contributed by atoms with Gasteiger partial charge in [0.1, 0.15) is 10.7 Å². The topological polar surface area (TPSA) is 140 Å². The fraction of sp³-hybridized carbons (Fsp3) is 0. The molecule has 0 spiro atoms. The summed E-state index contributed by atoms with van der Waals surface area (Å²) in [6.07, 6.45) is 1.05. The third-order valence-corrected chi connectivity index (χ3v) is 2.45. The molecule has 1 aromatic rings. The Labute approximate surface area is 80.6 Å². The fourth-order valence-corrected chi connectivity index (χ4v) is 1.48. The first-order valence-corrected chi connectivity index (χ1v) is 5.01. The monoisotopic (exact) mass is 217 g/mol. The van der Waals surface area contributed by atoms with Crippen molar-refractivity contribution in [3.8, 4) is 0 Å². The van der Waals surface area contributed by atoms with E-state index in [1.807, 2.05) is 0 Å². The van der Waals surface area contributed by atoms with Crippen LogP contribution in [0.1, 0.15) is 0 Å². The highest BCUT2D eigenvalue weighted by Crippen LogP contribution is 2.10. The highest BCUT2D eigenvalue weighted by molar-refractivity contribution is 7.89. The van der Waals surface area contributed by atoms with Gasteiger partial charge in [0, 0.05) is 11.7 Å². The lowest BCUT2D eigenvalue weighted by Crippen LogP contribution is -2.32. The van der Waals surface area contributed by atoms with E-state index in [1.165, 1.54) is 0 Å². The quantitative estimate of drug-likeness (QED) is 0.389.